The van der Waals surface area contributed by atoms with Gasteiger partial charge in [-0.25, -0.2) is 12.8 Å². The molecule has 3 nitrogen and oxygen atoms in total. The summed E-state index contributed by atoms with van der Waals surface area (Å²) in [5.74, 6) is -0.813. The van der Waals surface area contributed by atoms with Crippen LogP contribution in [0, 0.1) is 25.8 Å². The molecule has 0 amide bonds. The molecule has 119 valence electrons. The average Bonchev–Trinajstić information content (AvgIpc) is 2.34. The summed E-state index contributed by atoms with van der Waals surface area (Å²) in [6.45, 7) is 1.72. The molecule has 0 spiro atoms. The number of hydrogen-bond donors (Lipinski definition) is 2. The van der Waals surface area contributed by atoms with E-state index in [-0.39, 0.29) is 17.1 Å². The molecule has 1 radical (unpaired) electrons. The van der Waals surface area contributed by atoms with E-state index >= 15 is 0 Å². The predicted molar refractivity (Wildman–Crippen MR) is 75.2 cm³/mol. The maximum absolute atomic E-state index is 10.2. The second-order valence-electron chi connectivity index (χ2n) is 4.50. The molecule has 0 aliphatic heterocycles. The molecular formula is C15H27CuNO2-4. The largest absolute Gasteiger partial charge is 0.503 e. The van der Waals surface area contributed by atoms with Crippen molar-refractivity contribution in [3.05, 3.63) is 25.8 Å². The van der Waals surface area contributed by atoms with Gasteiger partial charge in [0.2, 0.25) is 0 Å². The van der Waals surface area contributed by atoms with Crippen molar-refractivity contribution in [1.29, 1.82) is 0 Å². The summed E-state index contributed by atoms with van der Waals surface area (Å²) in [4.78, 5) is 10.2. The van der Waals surface area contributed by atoms with Gasteiger partial charge < -0.3 is 23.7 Å². The summed E-state index contributed by atoms with van der Waals surface area (Å²) in [7, 11) is 0. The van der Waals surface area contributed by atoms with Crippen LogP contribution in [0.1, 0.15) is 64.2 Å². The standard InChI is InChI=1S/C15H27NO2.Cu/c16-14-12-10-8-6-4-2-1-3-5-7-9-11-13-15(17)18;/h7-8,13-14H,1-6,9-12,16H2,(H,17,18);/q-4;. The van der Waals surface area contributed by atoms with Crippen LogP contribution in [-0.2, 0) is 21.9 Å². The first kappa shape index (κ1) is 21.1. The normalized spacial score (nSPS) is 9.95. The van der Waals surface area contributed by atoms with E-state index in [4.69, 9.17) is 10.8 Å². The Labute approximate surface area is 129 Å². The van der Waals surface area contributed by atoms with Gasteiger partial charge in [0.1, 0.15) is 0 Å². The van der Waals surface area contributed by atoms with E-state index in [9.17, 15) is 4.79 Å². The van der Waals surface area contributed by atoms with Crippen molar-refractivity contribution in [3.63, 3.8) is 0 Å². The van der Waals surface area contributed by atoms with E-state index in [2.05, 4.69) is 12.8 Å². The zero-order chi connectivity index (χ0) is 13.5. The molecule has 0 unspecified atom stereocenters. The smallest absolute Gasteiger partial charge is 0.163 e. The van der Waals surface area contributed by atoms with Crippen LogP contribution in [-0.4, -0.2) is 11.1 Å². The van der Waals surface area contributed by atoms with E-state index < -0.39 is 5.97 Å². The van der Waals surface area contributed by atoms with Crippen LogP contribution in [0.25, 0.3) is 0 Å². The average molecular weight is 317 g/mol. The molecule has 0 aromatic heterocycles. The van der Waals surface area contributed by atoms with Gasteiger partial charge in [-0.15, -0.1) is 0 Å². The second kappa shape index (κ2) is 17.8. The fraction of sp³-hybridized carbons (Fsp3) is 0.667. The molecule has 3 N–H and O–H groups in total. The number of rotatable bonds is 14. The van der Waals surface area contributed by atoms with E-state index in [1.54, 1.807) is 6.54 Å². The Bertz CT molecular complexity index is 189. The fourth-order valence-corrected chi connectivity index (χ4v) is 1.76. The van der Waals surface area contributed by atoms with Crippen LogP contribution in [0.2, 0.25) is 0 Å². The number of hydrogen-bond acceptors (Lipinski definition) is 2. The Balaban J connectivity index is 0. The van der Waals surface area contributed by atoms with Crippen molar-refractivity contribution < 1.29 is 27.0 Å². The molecule has 0 rings (SSSR count). The van der Waals surface area contributed by atoms with Crippen LogP contribution in [0.5, 0.6) is 0 Å². The van der Waals surface area contributed by atoms with Gasteiger partial charge in [-0.05, 0) is 0 Å². The van der Waals surface area contributed by atoms with Crippen LogP contribution in [0.4, 0.5) is 0 Å². The molecule has 0 saturated carbocycles. The first-order valence-corrected chi connectivity index (χ1v) is 7.00. The minimum Gasteiger partial charge on any atom is -0.503 e. The number of aliphatic carboxylic acids is 1. The van der Waals surface area contributed by atoms with Crippen molar-refractivity contribution in [2.45, 2.75) is 64.2 Å². The molecule has 0 heterocycles. The fourth-order valence-electron chi connectivity index (χ4n) is 1.76. The zero-order valence-electron chi connectivity index (χ0n) is 11.6. The van der Waals surface area contributed by atoms with E-state index in [0.29, 0.717) is 6.42 Å². The molecule has 0 aliphatic carbocycles. The minimum absolute atomic E-state index is 0. The molecule has 4 heteroatoms. The van der Waals surface area contributed by atoms with Crippen LogP contribution in [0.3, 0.4) is 0 Å². The second-order valence-corrected chi connectivity index (χ2v) is 4.50. The van der Waals surface area contributed by atoms with Gasteiger partial charge in [-0.2, -0.15) is 25.7 Å². The zero-order valence-corrected chi connectivity index (χ0v) is 12.6. The number of unbranched alkanes of at least 4 members (excludes halogenated alkanes) is 11. The van der Waals surface area contributed by atoms with Crippen molar-refractivity contribution in [1.82, 2.24) is 0 Å². The SMILES string of the molecule is N[CH-]CC[CH-]CCCCCC[CH-]CC[CH-]C(=O)O.[Cu]. The van der Waals surface area contributed by atoms with Crippen LogP contribution in [0.15, 0.2) is 0 Å². The number of carboxylic acid groups (broad SMARTS) is 1. The quantitative estimate of drug-likeness (QED) is 0.292. The van der Waals surface area contributed by atoms with Crippen LogP contribution < -0.4 is 5.73 Å². The van der Waals surface area contributed by atoms with Gasteiger partial charge in [0.05, 0.1) is 0 Å². The van der Waals surface area contributed by atoms with Crippen molar-refractivity contribution in [2.24, 2.45) is 5.73 Å². The number of nitrogens with two attached hydrogens (primary N) is 1. The minimum atomic E-state index is -0.813. The molecule has 0 saturated heterocycles. The molecule has 0 aromatic rings. The Morgan fingerprint density at radius 3 is 1.84 bits per heavy atom. The first-order valence-electron chi connectivity index (χ1n) is 7.00. The molecule has 0 bridgehead atoms. The summed E-state index contributed by atoms with van der Waals surface area (Å²) < 4.78 is 0. The maximum atomic E-state index is 10.2. The van der Waals surface area contributed by atoms with E-state index in [1.807, 2.05) is 0 Å². The Kier molecular flexibility index (Phi) is 19.8. The van der Waals surface area contributed by atoms with Crippen LogP contribution >= 0.6 is 0 Å². The summed E-state index contributed by atoms with van der Waals surface area (Å²) in [5, 5.41) is 8.41. The third kappa shape index (κ3) is 20.3. The Morgan fingerprint density at radius 2 is 1.37 bits per heavy atom. The van der Waals surface area contributed by atoms with Gasteiger partial charge in [0.15, 0.2) is 5.97 Å². The van der Waals surface area contributed by atoms with Gasteiger partial charge >= 0.3 is 0 Å². The van der Waals surface area contributed by atoms with E-state index in [0.717, 1.165) is 25.7 Å². The van der Waals surface area contributed by atoms with Crippen molar-refractivity contribution in [3.8, 4) is 0 Å². The number of carboxylic acids is 1. The molecule has 0 atom stereocenters. The maximum Gasteiger partial charge on any atom is 0.163 e. The molecule has 0 aliphatic rings. The predicted octanol–water partition coefficient (Wildman–Crippen LogP) is 3.70. The molecule has 19 heavy (non-hydrogen) atoms. The topological polar surface area (TPSA) is 63.3 Å². The monoisotopic (exact) mass is 316 g/mol. The molecular weight excluding hydrogens is 290 g/mol. The summed E-state index contributed by atoms with van der Waals surface area (Å²) in [6.07, 6.45) is 16.8. The third-order valence-electron chi connectivity index (χ3n) is 2.79. The number of carbonyl (C=O) groups is 1. The van der Waals surface area contributed by atoms with Gasteiger partial charge in [0.25, 0.3) is 0 Å². The molecule has 0 fully saturated rings. The Hall–Kier alpha value is -0.181. The summed E-state index contributed by atoms with van der Waals surface area (Å²) in [5.41, 5.74) is 5.29. The van der Waals surface area contributed by atoms with Crippen molar-refractivity contribution >= 4 is 5.97 Å². The summed E-state index contributed by atoms with van der Waals surface area (Å²) >= 11 is 0. The van der Waals surface area contributed by atoms with Gasteiger partial charge in [0, 0.05) is 17.1 Å². The Morgan fingerprint density at radius 1 is 0.842 bits per heavy atom. The summed E-state index contributed by atoms with van der Waals surface area (Å²) in [6, 6.07) is 0. The first-order chi connectivity index (χ1) is 8.77. The van der Waals surface area contributed by atoms with E-state index in [1.165, 1.54) is 38.5 Å². The van der Waals surface area contributed by atoms with Crippen molar-refractivity contribution in [2.75, 3.05) is 0 Å². The molecule has 0 aromatic carbocycles. The van der Waals surface area contributed by atoms with Gasteiger partial charge in [-0.3, -0.25) is 17.8 Å². The van der Waals surface area contributed by atoms with Gasteiger partial charge in [-0.1, -0.05) is 25.7 Å². The third-order valence-corrected chi connectivity index (χ3v) is 2.79.